The van der Waals surface area contributed by atoms with Crippen molar-refractivity contribution in [1.82, 2.24) is 15.0 Å². The van der Waals surface area contributed by atoms with E-state index < -0.39 is 17.6 Å². The van der Waals surface area contributed by atoms with E-state index in [1.807, 2.05) is 0 Å². The predicted molar refractivity (Wildman–Crippen MR) is 104 cm³/mol. The molecule has 7 rings (SSSR count). The Morgan fingerprint density at radius 1 is 1.03 bits per heavy atom. The summed E-state index contributed by atoms with van der Waals surface area (Å²) in [6.45, 7) is 2.28. The average molecular weight is 418 g/mol. The number of aromatic nitrogens is 3. The first kappa shape index (κ1) is 18.2. The van der Waals surface area contributed by atoms with Gasteiger partial charge in [-0.1, -0.05) is 0 Å². The molecule has 10 heteroatoms. The largest absolute Gasteiger partial charge is 0.419 e. The van der Waals surface area contributed by atoms with Crippen LogP contribution >= 0.6 is 0 Å². The summed E-state index contributed by atoms with van der Waals surface area (Å²) < 4.78 is 45.8. The minimum absolute atomic E-state index is 0.187. The van der Waals surface area contributed by atoms with Crippen molar-refractivity contribution in [2.45, 2.75) is 43.6 Å². The third-order valence-electron chi connectivity index (χ3n) is 6.78. The molecular weight excluding hydrogens is 397 g/mol. The first-order chi connectivity index (χ1) is 14.3. The van der Waals surface area contributed by atoms with Crippen molar-refractivity contribution in [2.24, 2.45) is 5.92 Å². The fraction of sp³-hybridized carbons (Fsp3) is 0.550. The van der Waals surface area contributed by atoms with E-state index in [1.54, 1.807) is 6.07 Å². The molecule has 0 aromatic carbocycles. The number of pyridine rings is 1. The molecule has 1 saturated carbocycles. The second-order valence-electron chi connectivity index (χ2n) is 8.71. The second-order valence-corrected chi connectivity index (χ2v) is 8.71. The number of halogens is 3. The molecule has 4 bridgehead atoms. The highest BCUT2D eigenvalue weighted by Crippen LogP contribution is 2.43. The van der Waals surface area contributed by atoms with Crippen molar-refractivity contribution < 1.29 is 17.9 Å². The maximum atomic E-state index is 13.4. The number of nitrogens with two attached hydrogens (primary N) is 1. The van der Waals surface area contributed by atoms with Gasteiger partial charge in [0, 0.05) is 37.0 Å². The minimum atomic E-state index is -4.58. The molecule has 0 amide bonds. The van der Waals surface area contributed by atoms with Crippen molar-refractivity contribution in [3.05, 3.63) is 23.9 Å². The van der Waals surface area contributed by atoms with Crippen molar-refractivity contribution in [2.75, 3.05) is 35.2 Å². The molecule has 2 aromatic heterocycles. The molecule has 0 radical (unpaired) electrons. The number of hydrogen-bond donors (Lipinski definition) is 1. The summed E-state index contributed by atoms with van der Waals surface area (Å²) >= 11 is 0. The van der Waals surface area contributed by atoms with Crippen LogP contribution in [0.1, 0.15) is 24.8 Å². The number of rotatable bonds is 3. The first-order valence-electron chi connectivity index (χ1n) is 10.2. The molecule has 6 heterocycles. The quantitative estimate of drug-likeness (QED) is 0.821. The average Bonchev–Trinajstić information content (AvgIpc) is 3.46. The fourth-order valence-electron chi connectivity index (χ4n) is 5.14. The zero-order valence-electron chi connectivity index (χ0n) is 16.1. The Kier molecular flexibility index (Phi) is 3.75. The zero-order chi connectivity index (χ0) is 20.6. The van der Waals surface area contributed by atoms with Crippen LogP contribution in [0.4, 0.5) is 30.8 Å². The van der Waals surface area contributed by atoms with Crippen LogP contribution in [-0.4, -0.2) is 52.8 Å². The lowest BCUT2D eigenvalue weighted by atomic mass is 9.86. The number of ether oxygens (including phenoxy) is 1. The molecule has 4 saturated heterocycles. The summed E-state index contributed by atoms with van der Waals surface area (Å²) in [4.78, 5) is 17.7. The van der Waals surface area contributed by atoms with Gasteiger partial charge in [-0.25, -0.2) is 9.97 Å². The molecular formula is C20H21F3N6O. The summed E-state index contributed by atoms with van der Waals surface area (Å²) in [5.41, 5.74) is 5.25. The van der Waals surface area contributed by atoms with E-state index in [-0.39, 0.29) is 17.7 Å². The van der Waals surface area contributed by atoms with Crippen LogP contribution in [0.3, 0.4) is 0 Å². The summed E-state index contributed by atoms with van der Waals surface area (Å²) in [5, 5.41) is 0. The van der Waals surface area contributed by atoms with E-state index in [1.165, 1.54) is 6.20 Å². The van der Waals surface area contributed by atoms with Gasteiger partial charge in [0.15, 0.2) is 0 Å². The smallest absolute Gasteiger partial charge is 0.383 e. The van der Waals surface area contributed by atoms with Crippen LogP contribution < -0.4 is 15.5 Å². The van der Waals surface area contributed by atoms with Gasteiger partial charge in [-0.2, -0.15) is 18.2 Å². The molecule has 158 valence electrons. The molecule has 4 aliphatic heterocycles. The molecule has 30 heavy (non-hydrogen) atoms. The lowest BCUT2D eigenvalue weighted by molar-refractivity contribution is -0.137. The Bertz CT molecular complexity index is 1010. The van der Waals surface area contributed by atoms with E-state index >= 15 is 0 Å². The van der Waals surface area contributed by atoms with E-state index in [2.05, 4.69) is 19.8 Å². The normalized spacial score (nSPS) is 29.6. The van der Waals surface area contributed by atoms with Crippen molar-refractivity contribution in [1.29, 1.82) is 0 Å². The van der Waals surface area contributed by atoms with Crippen LogP contribution in [0, 0.1) is 5.92 Å². The van der Waals surface area contributed by atoms with E-state index in [4.69, 9.17) is 15.5 Å². The van der Waals surface area contributed by atoms with Crippen LogP contribution in [-0.2, 0) is 10.9 Å². The maximum Gasteiger partial charge on any atom is 0.419 e. The lowest BCUT2D eigenvalue weighted by Gasteiger charge is -2.30. The van der Waals surface area contributed by atoms with Crippen LogP contribution in [0.2, 0.25) is 0 Å². The van der Waals surface area contributed by atoms with Gasteiger partial charge >= 0.3 is 6.18 Å². The highest BCUT2D eigenvalue weighted by molar-refractivity contribution is 5.67. The maximum absolute atomic E-state index is 13.4. The van der Waals surface area contributed by atoms with Gasteiger partial charge < -0.3 is 20.3 Å². The molecule has 0 unspecified atom stereocenters. The second kappa shape index (κ2) is 6.19. The first-order valence-corrected chi connectivity index (χ1v) is 10.2. The molecule has 0 spiro atoms. The molecule has 5 fully saturated rings. The highest BCUT2D eigenvalue weighted by Gasteiger charge is 2.45. The molecule has 2 N–H and O–H groups in total. The van der Waals surface area contributed by atoms with Gasteiger partial charge in [0.05, 0.1) is 30.0 Å². The topological polar surface area (TPSA) is 80.4 Å². The summed E-state index contributed by atoms with van der Waals surface area (Å²) in [5.74, 6) is 1.45. The van der Waals surface area contributed by atoms with Crippen LogP contribution in [0.15, 0.2) is 18.3 Å². The van der Waals surface area contributed by atoms with E-state index in [0.29, 0.717) is 30.2 Å². The standard InChI is InChI=1S/C20H21F3N6O/c21-20(22,23)15-3-11(6-25-18(15)24)16-5-17(28-8-14-4-13(28)9-30-14)27-19(26-16)29-7-10-1-12(29)2-10/h3,5-6,10,12-14H,1-2,4,7-9H2,(H2,24,25)/t10?,12?,13-,14-/m0/s1. The number of morpholine rings is 1. The zero-order valence-corrected chi connectivity index (χ0v) is 16.1. The number of fused-ring (bicyclic) bond motifs is 3. The summed E-state index contributed by atoms with van der Waals surface area (Å²) in [6, 6.07) is 3.46. The number of alkyl halides is 3. The summed E-state index contributed by atoms with van der Waals surface area (Å²) in [6.07, 6.45) is 0.174. The van der Waals surface area contributed by atoms with Gasteiger partial charge in [0.2, 0.25) is 5.95 Å². The highest BCUT2D eigenvalue weighted by atomic mass is 19.4. The van der Waals surface area contributed by atoms with Gasteiger partial charge in [-0.05, 0) is 31.2 Å². The number of nitrogens with zero attached hydrogens (tertiary/aromatic N) is 5. The summed E-state index contributed by atoms with van der Waals surface area (Å²) in [7, 11) is 0. The fourth-order valence-corrected chi connectivity index (χ4v) is 5.14. The van der Waals surface area contributed by atoms with E-state index in [9.17, 15) is 13.2 Å². The number of anilines is 3. The molecule has 1 aliphatic carbocycles. The van der Waals surface area contributed by atoms with Gasteiger partial charge in [-0.3, -0.25) is 0 Å². The Morgan fingerprint density at radius 2 is 1.87 bits per heavy atom. The van der Waals surface area contributed by atoms with Crippen molar-refractivity contribution >= 4 is 17.6 Å². The lowest BCUT2D eigenvalue weighted by Crippen LogP contribution is -2.38. The molecule has 2 aromatic rings. The molecule has 5 aliphatic rings. The van der Waals surface area contributed by atoms with Gasteiger partial charge in [0.25, 0.3) is 0 Å². The predicted octanol–water partition coefficient (Wildman–Crippen LogP) is 2.72. The van der Waals surface area contributed by atoms with Gasteiger partial charge in [-0.15, -0.1) is 0 Å². The molecule has 2 atom stereocenters. The number of nitrogen functional groups attached to an aromatic ring is 1. The monoisotopic (exact) mass is 418 g/mol. The van der Waals surface area contributed by atoms with Crippen molar-refractivity contribution in [3.8, 4) is 11.3 Å². The number of hydrogen-bond acceptors (Lipinski definition) is 7. The Balaban J connectivity index is 1.44. The third kappa shape index (κ3) is 2.80. The van der Waals surface area contributed by atoms with Crippen LogP contribution in [0.25, 0.3) is 11.3 Å². The van der Waals surface area contributed by atoms with Crippen LogP contribution in [0.5, 0.6) is 0 Å². The SMILES string of the molecule is Nc1ncc(-c2cc(N3C[C@@H]4C[C@H]3CO4)nc(N3CC4CC3C4)n2)cc1C(F)(F)F. The Labute approximate surface area is 171 Å². The van der Waals surface area contributed by atoms with E-state index in [0.717, 1.165) is 44.2 Å². The third-order valence-corrected chi connectivity index (χ3v) is 6.78. The Hall–Kier alpha value is -2.62. The Morgan fingerprint density at radius 3 is 2.50 bits per heavy atom. The van der Waals surface area contributed by atoms with Gasteiger partial charge in [0.1, 0.15) is 11.6 Å². The minimum Gasteiger partial charge on any atom is -0.383 e. The van der Waals surface area contributed by atoms with Crippen molar-refractivity contribution in [3.63, 3.8) is 0 Å². The molecule has 7 nitrogen and oxygen atoms in total.